The Morgan fingerprint density at radius 1 is 0.767 bits per heavy atom. The fourth-order valence-electron chi connectivity index (χ4n) is 5.69. The molecule has 2 aliphatic carbocycles. The summed E-state index contributed by atoms with van der Waals surface area (Å²) in [5.74, 6) is 6.49. The molecule has 0 aromatic carbocycles. The van der Waals surface area contributed by atoms with E-state index in [0.29, 0.717) is 18.4 Å². The Morgan fingerprint density at radius 2 is 1.30 bits per heavy atom. The molecule has 3 nitrogen and oxygen atoms in total. The van der Waals surface area contributed by atoms with E-state index in [1.807, 2.05) is 62.5 Å². The Hall–Kier alpha value is -3.45. The molecule has 0 aromatic rings. The molecule has 230 valence electrons. The standard InChI is InChI=1S/C40H52O3/c1-28(17-13-19-30(3)21-23-35-32(5)25-34(41)26-39(35,7)8)15-11-12-16-29(2)18-14-20-31(4)22-24-36-33(6)38(43)37(42)27-40(36,9)10/h11-20,22,24,34,37,41-42H,25-27H2,1-10H3/b12-11+,17-13+,18-14+,24-22+,28-15+,29-16+,30-19+,31-20+/t34-,37+/m1/s1. The van der Waals surface area contributed by atoms with Crippen molar-refractivity contribution < 1.29 is 15.0 Å². The molecule has 0 unspecified atom stereocenters. The molecular formula is C40H52O3. The second-order valence-electron chi connectivity index (χ2n) is 13.4. The number of carbonyl (C=O) groups is 1. The molecule has 2 rings (SSSR count). The fraction of sp³-hybridized carbons (Fsp3) is 0.425. The summed E-state index contributed by atoms with van der Waals surface area (Å²) in [5, 5.41) is 20.1. The number of ketones is 1. The molecule has 0 spiro atoms. The fourth-order valence-corrected chi connectivity index (χ4v) is 5.69. The molecule has 0 amide bonds. The molecule has 0 radical (unpaired) electrons. The largest absolute Gasteiger partial charge is 0.393 e. The van der Waals surface area contributed by atoms with Crippen molar-refractivity contribution in [1.82, 2.24) is 0 Å². The Balaban J connectivity index is 1.94. The highest BCUT2D eigenvalue weighted by atomic mass is 16.3. The lowest BCUT2D eigenvalue weighted by Gasteiger charge is -2.34. The second-order valence-corrected chi connectivity index (χ2v) is 13.4. The quantitative estimate of drug-likeness (QED) is 0.222. The number of hydrogen-bond donors (Lipinski definition) is 2. The van der Waals surface area contributed by atoms with Gasteiger partial charge in [0.25, 0.3) is 0 Å². The highest BCUT2D eigenvalue weighted by Gasteiger charge is 2.36. The van der Waals surface area contributed by atoms with Crippen LogP contribution in [0.5, 0.6) is 0 Å². The number of aliphatic hydroxyl groups is 2. The lowest BCUT2D eigenvalue weighted by Crippen LogP contribution is -2.35. The minimum Gasteiger partial charge on any atom is -0.393 e. The van der Waals surface area contributed by atoms with Gasteiger partial charge in [-0.2, -0.15) is 0 Å². The summed E-state index contributed by atoms with van der Waals surface area (Å²) in [6.45, 7) is 20.5. The van der Waals surface area contributed by atoms with Crippen molar-refractivity contribution in [3.05, 3.63) is 117 Å². The van der Waals surface area contributed by atoms with Gasteiger partial charge in [-0.1, -0.05) is 135 Å². The van der Waals surface area contributed by atoms with E-state index in [1.165, 1.54) is 5.57 Å². The van der Waals surface area contributed by atoms with Crippen molar-refractivity contribution in [2.75, 3.05) is 0 Å². The first-order chi connectivity index (χ1) is 20.0. The summed E-state index contributed by atoms with van der Waals surface area (Å²) in [5.41, 5.74) is 8.03. The van der Waals surface area contributed by atoms with Gasteiger partial charge in [0, 0.05) is 11.0 Å². The molecule has 0 aliphatic heterocycles. The zero-order valence-corrected chi connectivity index (χ0v) is 28.0. The van der Waals surface area contributed by atoms with E-state index in [4.69, 9.17) is 0 Å². The van der Waals surface area contributed by atoms with E-state index >= 15 is 0 Å². The van der Waals surface area contributed by atoms with Crippen LogP contribution < -0.4 is 0 Å². The van der Waals surface area contributed by atoms with Crippen LogP contribution in [-0.2, 0) is 4.79 Å². The average Bonchev–Trinajstić information content (AvgIpc) is 2.88. The number of allylic oxidation sites excluding steroid dienone is 18. The first-order valence-corrected chi connectivity index (χ1v) is 15.3. The Morgan fingerprint density at radius 3 is 1.88 bits per heavy atom. The highest BCUT2D eigenvalue weighted by Crippen LogP contribution is 2.40. The van der Waals surface area contributed by atoms with E-state index in [9.17, 15) is 15.0 Å². The van der Waals surface area contributed by atoms with Crippen LogP contribution in [0.2, 0.25) is 0 Å². The third-order valence-corrected chi connectivity index (χ3v) is 8.05. The summed E-state index contributed by atoms with van der Waals surface area (Å²) >= 11 is 0. The van der Waals surface area contributed by atoms with Crippen molar-refractivity contribution >= 4 is 5.78 Å². The topological polar surface area (TPSA) is 57.5 Å². The van der Waals surface area contributed by atoms with Crippen molar-refractivity contribution in [2.24, 2.45) is 10.8 Å². The molecule has 0 heterocycles. The second kappa shape index (κ2) is 15.9. The maximum absolute atomic E-state index is 12.2. The van der Waals surface area contributed by atoms with Crippen LogP contribution in [0.1, 0.15) is 88.5 Å². The van der Waals surface area contributed by atoms with Crippen LogP contribution in [0, 0.1) is 22.7 Å². The van der Waals surface area contributed by atoms with Crippen LogP contribution in [0.4, 0.5) is 0 Å². The summed E-state index contributed by atoms with van der Waals surface area (Å²) < 4.78 is 0. The lowest BCUT2D eigenvalue weighted by atomic mass is 9.71. The number of aliphatic hydroxyl groups excluding tert-OH is 2. The first kappa shape index (κ1) is 35.7. The van der Waals surface area contributed by atoms with Crippen LogP contribution in [-0.4, -0.2) is 28.2 Å². The third-order valence-electron chi connectivity index (χ3n) is 8.05. The molecule has 0 fully saturated rings. The van der Waals surface area contributed by atoms with Crippen molar-refractivity contribution in [1.29, 1.82) is 0 Å². The Labute approximate surface area is 261 Å². The SMILES string of the molecule is CC1=C(C#C/C(C)=C/C=C/C(C)=C/C=C/C=C(C)/C=C/C=C(C)/C=C/C2=C(C)C(=O)[C@@H](O)CC2(C)C)C(C)(C)C[C@H](O)C1. The molecule has 0 bridgehead atoms. The minimum atomic E-state index is -0.900. The number of rotatable bonds is 8. The summed E-state index contributed by atoms with van der Waals surface area (Å²) in [4.78, 5) is 12.2. The lowest BCUT2D eigenvalue weighted by molar-refractivity contribution is -0.125. The average molecular weight is 581 g/mol. The van der Waals surface area contributed by atoms with Gasteiger partial charge in [-0.3, -0.25) is 4.79 Å². The number of Topliss-reactive ketones (excluding diaryl/α,β-unsaturated/α-hetero) is 1. The molecule has 2 atom stereocenters. The van der Waals surface area contributed by atoms with Crippen LogP contribution >= 0.6 is 0 Å². The summed E-state index contributed by atoms with van der Waals surface area (Å²) in [6.07, 6.45) is 25.3. The predicted octanol–water partition coefficient (Wildman–Crippen LogP) is 9.17. The van der Waals surface area contributed by atoms with Gasteiger partial charge in [0.15, 0.2) is 5.78 Å². The van der Waals surface area contributed by atoms with Gasteiger partial charge in [-0.25, -0.2) is 0 Å². The van der Waals surface area contributed by atoms with Gasteiger partial charge in [0.05, 0.1) is 6.10 Å². The van der Waals surface area contributed by atoms with Gasteiger partial charge in [-0.05, 0) is 82.9 Å². The first-order valence-electron chi connectivity index (χ1n) is 15.3. The highest BCUT2D eigenvalue weighted by molar-refractivity contribution is 6.00. The van der Waals surface area contributed by atoms with Gasteiger partial charge < -0.3 is 10.2 Å². The number of carbonyl (C=O) groups excluding carboxylic acids is 1. The smallest absolute Gasteiger partial charge is 0.187 e. The van der Waals surface area contributed by atoms with Gasteiger partial charge in [-0.15, -0.1) is 0 Å². The van der Waals surface area contributed by atoms with Crippen LogP contribution in [0.3, 0.4) is 0 Å². The van der Waals surface area contributed by atoms with E-state index in [2.05, 4.69) is 84.6 Å². The normalized spacial score (nSPS) is 24.2. The monoisotopic (exact) mass is 580 g/mol. The molecule has 2 aliphatic rings. The zero-order chi connectivity index (χ0) is 32.4. The minimum absolute atomic E-state index is 0.0916. The Kier molecular flexibility index (Phi) is 13.2. The molecule has 3 heteroatoms. The Bertz CT molecular complexity index is 1430. The third kappa shape index (κ3) is 11.3. The van der Waals surface area contributed by atoms with Crippen molar-refractivity contribution in [2.45, 2.75) is 101 Å². The number of hydrogen-bond acceptors (Lipinski definition) is 3. The molecule has 0 saturated heterocycles. The van der Waals surface area contributed by atoms with Crippen LogP contribution in [0.15, 0.2) is 117 Å². The zero-order valence-electron chi connectivity index (χ0n) is 28.0. The van der Waals surface area contributed by atoms with E-state index in [-0.39, 0.29) is 22.7 Å². The predicted molar refractivity (Wildman–Crippen MR) is 183 cm³/mol. The molecular weight excluding hydrogens is 528 g/mol. The van der Waals surface area contributed by atoms with Crippen molar-refractivity contribution in [3.8, 4) is 11.8 Å². The molecule has 2 N–H and O–H groups in total. The molecule has 43 heavy (non-hydrogen) atoms. The maximum atomic E-state index is 12.2. The van der Waals surface area contributed by atoms with Crippen molar-refractivity contribution in [3.63, 3.8) is 0 Å². The molecule has 0 saturated carbocycles. The van der Waals surface area contributed by atoms with Gasteiger partial charge in [0.1, 0.15) is 6.10 Å². The maximum Gasteiger partial charge on any atom is 0.187 e. The summed E-state index contributed by atoms with van der Waals surface area (Å²) in [6, 6.07) is 0. The molecule has 0 aromatic heterocycles. The van der Waals surface area contributed by atoms with Crippen LogP contribution in [0.25, 0.3) is 0 Å². The van der Waals surface area contributed by atoms with E-state index in [1.54, 1.807) is 6.92 Å². The van der Waals surface area contributed by atoms with Gasteiger partial charge >= 0.3 is 0 Å². The van der Waals surface area contributed by atoms with E-state index in [0.717, 1.165) is 39.9 Å². The van der Waals surface area contributed by atoms with E-state index < -0.39 is 6.10 Å². The summed E-state index contributed by atoms with van der Waals surface area (Å²) in [7, 11) is 0. The van der Waals surface area contributed by atoms with Gasteiger partial charge in [0.2, 0.25) is 0 Å².